The van der Waals surface area contributed by atoms with Crippen LogP contribution in [0.5, 0.6) is 0 Å². The van der Waals surface area contributed by atoms with E-state index < -0.39 is 0 Å². The van der Waals surface area contributed by atoms with E-state index in [1.54, 1.807) is 0 Å². The quantitative estimate of drug-likeness (QED) is 0.236. The molecule has 0 aliphatic carbocycles. The molecule has 0 unspecified atom stereocenters. The van der Waals surface area contributed by atoms with Gasteiger partial charge < -0.3 is 0 Å². The van der Waals surface area contributed by atoms with Gasteiger partial charge in [-0.3, -0.25) is 0 Å². The van der Waals surface area contributed by atoms with Gasteiger partial charge in [0.1, 0.15) is 0 Å². The van der Waals surface area contributed by atoms with E-state index in [-0.39, 0.29) is 0 Å². The monoisotopic (exact) mass is 307 g/mol. The third-order valence-electron chi connectivity index (χ3n) is 4.64. The fourth-order valence-electron chi connectivity index (χ4n) is 3.11. The first-order valence-corrected chi connectivity index (χ1v) is 10.3. The highest BCUT2D eigenvalue weighted by molar-refractivity contribution is 4.67. The van der Waals surface area contributed by atoms with E-state index in [9.17, 15) is 0 Å². The molecule has 0 aromatic carbocycles. The standard InChI is InChI=1S/C21H41N/c1-2-3-4-5-6-7-8-9-10-11-12-13-14-15-16-17-18-19-20-21-22/h2-20H2,1H3. The SMILES string of the molecule is CCCCCCCCCCCCCCCCCCCCC#N. The number of hydrogen-bond donors (Lipinski definition) is 0. The van der Waals surface area contributed by atoms with Crippen molar-refractivity contribution in [3.63, 3.8) is 0 Å². The Morgan fingerprint density at radius 3 is 1.00 bits per heavy atom. The molecule has 0 rings (SSSR count). The van der Waals surface area contributed by atoms with Gasteiger partial charge in [0.15, 0.2) is 0 Å². The molecule has 0 bridgehead atoms. The predicted octanol–water partition coefficient (Wildman–Crippen LogP) is 7.94. The topological polar surface area (TPSA) is 23.8 Å². The molecule has 1 heteroatoms. The number of unbranched alkanes of at least 4 members (excludes halogenated alkanes) is 18. The van der Waals surface area contributed by atoms with Crippen LogP contribution < -0.4 is 0 Å². The van der Waals surface area contributed by atoms with Gasteiger partial charge in [0.05, 0.1) is 6.07 Å². The van der Waals surface area contributed by atoms with Crippen LogP contribution in [0, 0.1) is 11.3 Å². The number of hydrogen-bond acceptors (Lipinski definition) is 1. The van der Waals surface area contributed by atoms with Gasteiger partial charge in [-0.1, -0.05) is 116 Å². The fraction of sp³-hybridized carbons (Fsp3) is 0.952. The van der Waals surface area contributed by atoms with Gasteiger partial charge in [-0.15, -0.1) is 0 Å². The molecule has 0 aromatic heterocycles. The Morgan fingerprint density at radius 2 is 0.727 bits per heavy atom. The van der Waals surface area contributed by atoms with Crippen LogP contribution in [0.25, 0.3) is 0 Å². The molecule has 0 fully saturated rings. The summed E-state index contributed by atoms with van der Waals surface area (Å²) >= 11 is 0. The Labute approximate surface area is 140 Å². The first kappa shape index (κ1) is 21.5. The molecule has 0 aliphatic heterocycles. The Morgan fingerprint density at radius 1 is 0.455 bits per heavy atom. The Kier molecular flexibility index (Phi) is 20.0. The normalized spacial score (nSPS) is 10.7. The molecule has 0 atom stereocenters. The molecule has 0 heterocycles. The van der Waals surface area contributed by atoms with E-state index in [1.807, 2.05) is 0 Å². The second kappa shape index (κ2) is 20.5. The zero-order valence-electron chi connectivity index (χ0n) is 15.4. The minimum absolute atomic E-state index is 0.749. The zero-order valence-corrected chi connectivity index (χ0v) is 15.4. The van der Waals surface area contributed by atoms with E-state index in [4.69, 9.17) is 5.26 Å². The van der Waals surface area contributed by atoms with E-state index in [2.05, 4.69) is 13.0 Å². The van der Waals surface area contributed by atoms with Gasteiger partial charge in [0, 0.05) is 6.42 Å². The Hall–Kier alpha value is -0.510. The van der Waals surface area contributed by atoms with Crippen LogP contribution in [0.3, 0.4) is 0 Å². The van der Waals surface area contributed by atoms with Gasteiger partial charge in [0.2, 0.25) is 0 Å². The van der Waals surface area contributed by atoms with Crippen molar-refractivity contribution in [2.75, 3.05) is 0 Å². The van der Waals surface area contributed by atoms with Crippen LogP contribution in [0.2, 0.25) is 0 Å². The summed E-state index contributed by atoms with van der Waals surface area (Å²) in [5.41, 5.74) is 0. The average Bonchev–Trinajstić information content (AvgIpc) is 2.54. The molecular formula is C21H41N. The maximum atomic E-state index is 8.45. The second-order valence-corrected chi connectivity index (χ2v) is 6.92. The van der Waals surface area contributed by atoms with Crippen LogP contribution in [0.1, 0.15) is 129 Å². The zero-order chi connectivity index (χ0) is 16.1. The maximum absolute atomic E-state index is 8.45. The summed E-state index contributed by atoms with van der Waals surface area (Å²) in [5.74, 6) is 0. The molecule has 1 nitrogen and oxygen atoms in total. The summed E-state index contributed by atoms with van der Waals surface area (Å²) in [6, 6.07) is 2.22. The van der Waals surface area contributed by atoms with Gasteiger partial charge >= 0.3 is 0 Å². The van der Waals surface area contributed by atoms with Crippen molar-refractivity contribution in [1.29, 1.82) is 5.26 Å². The molecule has 0 radical (unpaired) electrons. The number of nitriles is 1. The lowest BCUT2D eigenvalue weighted by Crippen LogP contribution is -1.84. The lowest BCUT2D eigenvalue weighted by atomic mass is 10.0. The predicted molar refractivity (Wildman–Crippen MR) is 99.0 cm³/mol. The maximum Gasteiger partial charge on any atom is 0.0621 e. The summed E-state index contributed by atoms with van der Waals surface area (Å²) in [6.07, 6.45) is 26.0. The third kappa shape index (κ3) is 19.5. The van der Waals surface area contributed by atoms with Crippen molar-refractivity contribution in [1.82, 2.24) is 0 Å². The van der Waals surface area contributed by atoms with Crippen molar-refractivity contribution in [2.24, 2.45) is 0 Å². The summed E-state index contributed by atoms with van der Waals surface area (Å²) in [6.45, 7) is 2.29. The van der Waals surface area contributed by atoms with E-state index in [0.29, 0.717) is 0 Å². The molecule has 0 aliphatic rings. The van der Waals surface area contributed by atoms with Gasteiger partial charge in [-0.05, 0) is 6.42 Å². The highest BCUT2D eigenvalue weighted by atomic mass is 14.2. The largest absolute Gasteiger partial charge is 0.198 e. The first-order valence-electron chi connectivity index (χ1n) is 10.3. The highest BCUT2D eigenvalue weighted by Crippen LogP contribution is 2.14. The third-order valence-corrected chi connectivity index (χ3v) is 4.64. The Bertz CT molecular complexity index is 229. The average molecular weight is 308 g/mol. The van der Waals surface area contributed by atoms with Gasteiger partial charge in [-0.25, -0.2) is 0 Å². The molecule has 0 amide bonds. The van der Waals surface area contributed by atoms with E-state index >= 15 is 0 Å². The van der Waals surface area contributed by atoms with Crippen LogP contribution in [0.4, 0.5) is 0 Å². The molecule has 22 heavy (non-hydrogen) atoms. The van der Waals surface area contributed by atoms with Crippen LogP contribution in [-0.4, -0.2) is 0 Å². The lowest BCUT2D eigenvalue weighted by molar-refractivity contribution is 0.525. The summed E-state index contributed by atoms with van der Waals surface area (Å²) in [5, 5.41) is 8.45. The summed E-state index contributed by atoms with van der Waals surface area (Å²) in [7, 11) is 0. The van der Waals surface area contributed by atoms with Crippen LogP contribution in [0.15, 0.2) is 0 Å². The van der Waals surface area contributed by atoms with Crippen molar-refractivity contribution in [3.8, 4) is 6.07 Å². The van der Waals surface area contributed by atoms with Crippen LogP contribution in [-0.2, 0) is 0 Å². The van der Waals surface area contributed by atoms with Crippen LogP contribution >= 0.6 is 0 Å². The number of nitrogens with zero attached hydrogens (tertiary/aromatic N) is 1. The number of rotatable bonds is 18. The Balaban J connectivity index is 2.93. The smallest absolute Gasteiger partial charge is 0.0621 e. The van der Waals surface area contributed by atoms with Gasteiger partial charge in [-0.2, -0.15) is 5.26 Å². The lowest BCUT2D eigenvalue weighted by Gasteiger charge is -2.03. The van der Waals surface area contributed by atoms with Crippen molar-refractivity contribution >= 4 is 0 Å². The molecule has 0 saturated carbocycles. The molecule has 0 spiro atoms. The van der Waals surface area contributed by atoms with Crippen molar-refractivity contribution in [2.45, 2.75) is 129 Å². The molecule has 0 saturated heterocycles. The summed E-state index contributed by atoms with van der Waals surface area (Å²) in [4.78, 5) is 0. The minimum atomic E-state index is 0.749. The summed E-state index contributed by atoms with van der Waals surface area (Å²) < 4.78 is 0. The first-order chi connectivity index (χ1) is 10.9. The molecule has 0 aromatic rings. The molecular weight excluding hydrogens is 266 g/mol. The highest BCUT2D eigenvalue weighted by Gasteiger charge is 1.94. The van der Waals surface area contributed by atoms with E-state index in [1.165, 1.54) is 109 Å². The van der Waals surface area contributed by atoms with Crippen molar-refractivity contribution < 1.29 is 0 Å². The van der Waals surface area contributed by atoms with E-state index in [0.717, 1.165) is 12.8 Å². The molecule has 130 valence electrons. The van der Waals surface area contributed by atoms with Gasteiger partial charge in [0.25, 0.3) is 0 Å². The second-order valence-electron chi connectivity index (χ2n) is 6.92. The molecule has 0 N–H and O–H groups in total. The fourth-order valence-corrected chi connectivity index (χ4v) is 3.11. The van der Waals surface area contributed by atoms with Crippen molar-refractivity contribution in [3.05, 3.63) is 0 Å². The minimum Gasteiger partial charge on any atom is -0.198 e.